The maximum absolute atomic E-state index is 11.9. The van der Waals surface area contributed by atoms with Crippen molar-refractivity contribution >= 4 is 5.78 Å². The second-order valence-electron chi connectivity index (χ2n) is 3.88. The zero-order valence-corrected chi connectivity index (χ0v) is 9.94. The van der Waals surface area contributed by atoms with E-state index in [4.69, 9.17) is 5.11 Å². The third-order valence-electron chi connectivity index (χ3n) is 2.60. The average molecular weight is 221 g/mol. The zero-order valence-electron chi connectivity index (χ0n) is 9.94. The molecule has 16 heavy (non-hydrogen) atoms. The minimum atomic E-state index is 0.0923. The number of ketones is 1. The highest BCUT2D eigenvalue weighted by molar-refractivity contribution is 5.97. The van der Waals surface area contributed by atoms with Gasteiger partial charge in [0, 0.05) is 12.1 Å². The van der Waals surface area contributed by atoms with Crippen molar-refractivity contribution in [2.24, 2.45) is 0 Å². The van der Waals surface area contributed by atoms with Crippen molar-refractivity contribution in [1.29, 1.82) is 0 Å². The lowest BCUT2D eigenvalue weighted by Gasteiger charge is -2.17. The molecular weight excluding hydrogens is 202 g/mol. The van der Waals surface area contributed by atoms with Crippen molar-refractivity contribution in [3.63, 3.8) is 0 Å². The van der Waals surface area contributed by atoms with Crippen molar-refractivity contribution in [2.45, 2.75) is 13.8 Å². The first-order valence-corrected chi connectivity index (χ1v) is 5.60. The van der Waals surface area contributed by atoms with Gasteiger partial charge in [-0.25, -0.2) is 0 Å². The lowest BCUT2D eigenvalue weighted by Crippen LogP contribution is -2.32. The van der Waals surface area contributed by atoms with Gasteiger partial charge in [-0.3, -0.25) is 9.69 Å². The van der Waals surface area contributed by atoms with Crippen molar-refractivity contribution < 1.29 is 9.90 Å². The molecule has 1 rings (SSSR count). The molecule has 0 radical (unpaired) electrons. The van der Waals surface area contributed by atoms with Gasteiger partial charge in [0.05, 0.1) is 13.2 Å². The van der Waals surface area contributed by atoms with Crippen molar-refractivity contribution in [3.05, 3.63) is 35.4 Å². The van der Waals surface area contributed by atoms with E-state index in [-0.39, 0.29) is 12.4 Å². The molecule has 0 fully saturated rings. The fraction of sp³-hybridized carbons (Fsp3) is 0.462. The second kappa shape index (κ2) is 6.40. The molecule has 0 aliphatic carbocycles. The van der Waals surface area contributed by atoms with Gasteiger partial charge in [0.2, 0.25) is 0 Å². The quantitative estimate of drug-likeness (QED) is 0.740. The molecule has 0 aliphatic heterocycles. The predicted octanol–water partition coefficient (Wildman–Crippen LogP) is 1.49. The van der Waals surface area contributed by atoms with Gasteiger partial charge in [-0.05, 0) is 13.5 Å². The molecule has 0 heterocycles. The molecule has 0 aromatic heterocycles. The summed E-state index contributed by atoms with van der Waals surface area (Å²) in [5, 5.41) is 8.83. The fourth-order valence-electron chi connectivity index (χ4n) is 1.52. The number of benzene rings is 1. The lowest BCUT2D eigenvalue weighted by molar-refractivity contribution is 0.0919. The number of aliphatic hydroxyl groups excluding tert-OH is 1. The van der Waals surface area contributed by atoms with Crippen molar-refractivity contribution in [1.82, 2.24) is 4.90 Å². The Bertz CT molecular complexity index is 332. The number of carbonyl (C=O) groups is 1. The van der Waals surface area contributed by atoms with E-state index in [2.05, 4.69) is 0 Å². The number of rotatable bonds is 6. The molecule has 1 aromatic carbocycles. The van der Waals surface area contributed by atoms with E-state index in [0.717, 1.165) is 17.7 Å². The number of likely N-dealkylation sites (N-methyl/N-ethyl adjacent to an activating group) is 1. The molecule has 0 bridgehead atoms. The van der Waals surface area contributed by atoms with Gasteiger partial charge in [0.1, 0.15) is 0 Å². The Labute approximate surface area is 96.7 Å². The summed E-state index contributed by atoms with van der Waals surface area (Å²) in [5.74, 6) is 0.107. The summed E-state index contributed by atoms with van der Waals surface area (Å²) in [7, 11) is 0. The molecule has 0 atom stereocenters. The maximum atomic E-state index is 11.9. The second-order valence-corrected chi connectivity index (χ2v) is 3.88. The van der Waals surface area contributed by atoms with Gasteiger partial charge in [-0.2, -0.15) is 0 Å². The number of aryl methyl sites for hydroxylation is 1. The van der Waals surface area contributed by atoms with Crippen LogP contribution in [0.25, 0.3) is 0 Å². The van der Waals surface area contributed by atoms with Crippen LogP contribution in [0.3, 0.4) is 0 Å². The highest BCUT2D eigenvalue weighted by Gasteiger charge is 2.10. The van der Waals surface area contributed by atoms with Gasteiger partial charge in [0.15, 0.2) is 5.78 Å². The SMILES string of the molecule is CCN(CCO)CC(=O)c1ccc(C)cc1. The normalized spacial score (nSPS) is 10.8. The average Bonchev–Trinajstić information content (AvgIpc) is 2.29. The number of aliphatic hydroxyl groups is 1. The number of carbonyl (C=O) groups excluding carboxylic acids is 1. The van der Waals surface area contributed by atoms with Crippen LogP contribution in [0.1, 0.15) is 22.8 Å². The van der Waals surface area contributed by atoms with Crippen LogP contribution in [0.2, 0.25) is 0 Å². The highest BCUT2D eigenvalue weighted by Crippen LogP contribution is 2.05. The minimum absolute atomic E-state index is 0.0923. The molecular formula is C13H19NO2. The van der Waals surface area contributed by atoms with Crippen LogP contribution in [-0.4, -0.2) is 42.0 Å². The Morgan fingerprint density at radius 3 is 2.44 bits per heavy atom. The third-order valence-corrected chi connectivity index (χ3v) is 2.60. The largest absolute Gasteiger partial charge is 0.395 e. The van der Waals surface area contributed by atoms with Gasteiger partial charge in [-0.15, -0.1) is 0 Å². The van der Waals surface area contributed by atoms with Gasteiger partial charge in [0.25, 0.3) is 0 Å². The van der Waals surface area contributed by atoms with E-state index in [9.17, 15) is 4.79 Å². The van der Waals surface area contributed by atoms with Gasteiger partial charge < -0.3 is 5.11 Å². The van der Waals surface area contributed by atoms with Crippen LogP contribution in [0, 0.1) is 6.92 Å². The fourth-order valence-corrected chi connectivity index (χ4v) is 1.52. The van der Waals surface area contributed by atoms with Crippen molar-refractivity contribution in [2.75, 3.05) is 26.2 Å². The first-order chi connectivity index (χ1) is 7.67. The Hall–Kier alpha value is -1.19. The van der Waals surface area contributed by atoms with E-state index < -0.39 is 0 Å². The summed E-state index contributed by atoms with van der Waals surface area (Å²) in [6, 6.07) is 7.58. The van der Waals surface area contributed by atoms with Crippen molar-refractivity contribution in [3.8, 4) is 0 Å². The van der Waals surface area contributed by atoms with E-state index in [1.165, 1.54) is 0 Å². The minimum Gasteiger partial charge on any atom is -0.395 e. The van der Waals surface area contributed by atoms with Gasteiger partial charge in [-0.1, -0.05) is 36.8 Å². The summed E-state index contributed by atoms with van der Waals surface area (Å²) in [6.07, 6.45) is 0. The molecule has 3 nitrogen and oxygen atoms in total. The molecule has 0 amide bonds. The van der Waals surface area contributed by atoms with Crippen LogP contribution >= 0.6 is 0 Å². The molecule has 0 saturated heterocycles. The predicted molar refractivity (Wildman–Crippen MR) is 64.7 cm³/mol. The monoisotopic (exact) mass is 221 g/mol. The molecule has 3 heteroatoms. The summed E-state index contributed by atoms with van der Waals surface area (Å²) >= 11 is 0. The lowest BCUT2D eigenvalue weighted by atomic mass is 10.1. The van der Waals surface area contributed by atoms with E-state index >= 15 is 0 Å². The molecule has 88 valence electrons. The smallest absolute Gasteiger partial charge is 0.176 e. The highest BCUT2D eigenvalue weighted by atomic mass is 16.3. The van der Waals surface area contributed by atoms with Crippen LogP contribution in [-0.2, 0) is 0 Å². The number of hydrogen-bond acceptors (Lipinski definition) is 3. The topological polar surface area (TPSA) is 40.5 Å². The summed E-state index contributed by atoms with van der Waals surface area (Å²) in [5.41, 5.74) is 1.89. The number of hydrogen-bond donors (Lipinski definition) is 1. The van der Waals surface area contributed by atoms with E-state index in [0.29, 0.717) is 13.1 Å². The van der Waals surface area contributed by atoms with E-state index in [1.807, 2.05) is 43.0 Å². The van der Waals surface area contributed by atoms with Crippen LogP contribution < -0.4 is 0 Å². The Balaban J connectivity index is 2.60. The van der Waals surface area contributed by atoms with Crippen LogP contribution in [0.15, 0.2) is 24.3 Å². The maximum Gasteiger partial charge on any atom is 0.176 e. The standard InChI is InChI=1S/C13H19NO2/c1-3-14(8-9-15)10-13(16)12-6-4-11(2)5-7-12/h4-7,15H,3,8-10H2,1-2H3. The zero-order chi connectivity index (χ0) is 12.0. The number of Topliss-reactive ketones (excluding diaryl/α,β-unsaturated/α-hetero) is 1. The Morgan fingerprint density at radius 2 is 1.94 bits per heavy atom. The number of nitrogens with zero attached hydrogens (tertiary/aromatic N) is 1. The third kappa shape index (κ3) is 3.76. The molecule has 1 aromatic rings. The molecule has 0 spiro atoms. The summed E-state index contributed by atoms with van der Waals surface area (Å²) in [6.45, 7) is 5.78. The molecule has 0 unspecified atom stereocenters. The molecule has 1 N–H and O–H groups in total. The van der Waals surface area contributed by atoms with E-state index in [1.54, 1.807) is 0 Å². The Morgan fingerprint density at radius 1 is 1.31 bits per heavy atom. The van der Waals surface area contributed by atoms with Crippen LogP contribution in [0.5, 0.6) is 0 Å². The Kier molecular flexibility index (Phi) is 5.15. The van der Waals surface area contributed by atoms with Gasteiger partial charge >= 0.3 is 0 Å². The first kappa shape index (κ1) is 12.9. The summed E-state index contributed by atoms with van der Waals surface area (Å²) in [4.78, 5) is 13.8. The molecule has 0 aliphatic rings. The molecule has 0 saturated carbocycles. The van der Waals surface area contributed by atoms with Crippen LogP contribution in [0.4, 0.5) is 0 Å². The summed E-state index contributed by atoms with van der Waals surface area (Å²) < 4.78 is 0. The first-order valence-electron chi connectivity index (χ1n) is 5.60.